The van der Waals surface area contributed by atoms with Crippen molar-refractivity contribution >= 4 is 23.2 Å². The lowest BCUT2D eigenvalue weighted by atomic mass is 9.96. The van der Waals surface area contributed by atoms with Crippen molar-refractivity contribution < 1.29 is 9.59 Å². The zero-order valence-corrected chi connectivity index (χ0v) is 16.7. The third-order valence-corrected chi connectivity index (χ3v) is 4.43. The van der Waals surface area contributed by atoms with Gasteiger partial charge in [-0.25, -0.2) is 0 Å². The van der Waals surface area contributed by atoms with Gasteiger partial charge in [0.25, 0.3) is 0 Å². The molecule has 27 heavy (non-hydrogen) atoms. The average Bonchev–Trinajstić information content (AvgIpc) is 2.63. The topological polar surface area (TPSA) is 58.2 Å². The van der Waals surface area contributed by atoms with Crippen molar-refractivity contribution in [3.8, 4) is 0 Å². The van der Waals surface area contributed by atoms with Crippen LogP contribution in [-0.2, 0) is 16.0 Å². The summed E-state index contributed by atoms with van der Waals surface area (Å²) in [5, 5.41) is 5.78. The molecular weight excluding hydrogens is 336 g/mol. The number of nitrogens with one attached hydrogen (secondary N) is 2. The molecule has 2 amide bonds. The predicted molar refractivity (Wildman–Crippen MR) is 112 cm³/mol. The van der Waals surface area contributed by atoms with E-state index in [9.17, 15) is 9.59 Å². The van der Waals surface area contributed by atoms with E-state index < -0.39 is 0 Å². The number of rotatable bonds is 8. The van der Waals surface area contributed by atoms with Crippen molar-refractivity contribution in [2.75, 3.05) is 10.6 Å². The Balaban J connectivity index is 1.94. The molecule has 0 saturated carbocycles. The van der Waals surface area contributed by atoms with Crippen LogP contribution in [0.4, 0.5) is 11.4 Å². The van der Waals surface area contributed by atoms with Crippen LogP contribution in [0.1, 0.15) is 57.6 Å². The van der Waals surface area contributed by atoms with Crippen LogP contribution in [-0.4, -0.2) is 11.8 Å². The van der Waals surface area contributed by atoms with Gasteiger partial charge in [0.15, 0.2) is 0 Å². The van der Waals surface area contributed by atoms with E-state index in [0.29, 0.717) is 12.3 Å². The summed E-state index contributed by atoms with van der Waals surface area (Å²) in [6, 6.07) is 15.5. The van der Waals surface area contributed by atoms with Gasteiger partial charge in [0.1, 0.15) is 0 Å². The van der Waals surface area contributed by atoms with Gasteiger partial charge in [-0.15, -0.1) is 0 Å². The summed E-state index contributed by atoms with van der Waals surface area (Å²) in [5.74, 6) is 0.339. The van der Waals surface area contributed by atoms with Gasteiger partial charge in [-0.05, 0) is 61.1 Å². The molecule has 1 unspecified atom stereocenters. The van der Waals surface area contributed by atoms with Crippen molar-refractivity contribution in [1.29, 1.82) is 0 Å². The molecule has 2 aromatic rings. The molecule has 0 radical (unpaired) electrons. The molecule has 0 aliphatic carbocycles. The van der Waals surface area contributed by atoms with E-state index in [4.69, 9.17) is 0 Å². The summed E-state index contributed by atoms with van der Waals surface area (Å²) in [5.41, 5.74) is 3.75. The highest BCUT2D eigenvalue weighted by atomic mass is 16.2. The maximum Gasteiger partial charge on any atom is 0.231 e. The van der Waals surface area contributed by atoms with Gasteiger partial charge >= 0.3 is 0 Å². The first-order chi connectivity index (χ1) is 12.9. The summed E-state index contributed by atoms with van der Waals surface area (Å²) in [4.78, 5) is 24.2. The fourth-order valence-electron chi connectivity index (χ4n) is 2.90. The molecule has 0 bridgehead atoms. The highest BCUT2D eigenvalue weighted by molar-refractivity contribution is 5.96. The van der Waals surface area contributed by atoms with E-state index in [1.54, 1.807) is 24.3 Å². The predicted octanol–water partition coefficient (Wildman–Crippen LogP) is 5.37. The average molecular weight is 367 g/mol. The minimum atomic E-state index is -0.234. The van der Waals surface area contributed by atoms with Gasteiger partial charge in [-0.3, -0.25) is 9.59 Å². The number of hydrogen-bond donors (Lipinski definition) is 2. The minimum absolute atomic E-state index is 0.00354. The Hall–Kier alpha value is -2.62. The lowest BCUT2D eigenvalue weighted by Crippen LogP contribution is -2.19. The molecule has 4 heteroatoms. The Morgan fingerprint density at radius 3 is 1.93 bits per heavy atom. The molecule has 1 atom stereocenters. The van der Waals surface area contributed by atoms with Crippen LogP contribution < -0.4 is 10.6 Å². The first-order valence-corrected chi connectivity index (χ1v) is 9.68. The van der Waals surface area contributed by atoms with Crippen LogP contribution in [0.15, 0.2) is 48.5 Å². The van der Waals surface area contributed by atoms with Crippen molar-refractivity contribution in [2.24, 2.45) is 5.92 Å². The molecule has 2 N–H and O–H groups in total. The molecule has 144 valence electrons. The Morgan fingerprint density at radius 1 is 0.852 bits per heavy atom. The monoisotopic (exact) mass is 366 g/mol. The molecular formula is C23H30N2O2. The third kappa shape index (κ3) is 6.55. The Bertz CT molecular complexity index is 749. The Kier molecular flexibility index (Phi) is 7.59. The van der Waals surface area contributed by atoms with Gasteiger partial charge in [0.2, 0.25) is 11.8 Å². The SMILES string of the molecule is CCCC(=O)Nc1ccc(NC(=O)C(C)c2ccc(CC(C)C)cc2)cc1. The Labute approximate surface area is 162 Å². The zero-order valence-electron chi connectivity index (χ0n) is 16.7. The highest BCUT2D eigenvalue weighted by Gasteiger charge is 2.15. The first kappa shape index (κ1) is 20.7. The van der Waals surface area contributed by atoms with Crippen molar-refractivity contribution in [3.05, 3.63) is 59.7 Å². The van der Waals surface area contributed by atoms with Crippen LogP contribution in [0.5, 0.6) is 0 Å². The van der Waals surface area contributed by atoms with E-state index >= 15 is 0 Å². The molecule has 2 rings (SSSR count). The normalized spacial score (nSPS) is 11.9. The molecule has 0 aliphatic heterocycles. The first-order valence-electron chi connectivity index (χ1n) is 9.68. The fraction of sp³-hybridized carbons (Fsp3) is 0.391. The number of carbonyl (C=O) groups excluding carboxylic acids is 2. The summed E-state index contributed by atoms with van der Waals surface area (Å²) in [7, 11) is 0. The summed E-state index contributed by atoms with van der Waals surface area (Å²) in [6.45, 7) is 8.28. The lowest BCUT2D eigenvalue weighted by Gasteiger charge is -2.14. The molecule has 0 aliphatic rings. The number of anilines is 2. The van der Waals surface area contributed by atoms with Crippen LogP contribution >= 0.6 is 0 Å². The molecule has 2 aromatic carbocycles. The number of carbonyl (C=O) groups is 2. The number of amides is 2. The molecule has 0 fully saturated rings. The van der Waals surface area contributed by atoms with Crippen molar-refractivity contribution in [3.63, 3.8) is 0 Å². The lowest BCUT2D eigenvalue weighted by molar-refractivity contribution is -0.117. The second-order valence-corrected chi connectivity index (χ2v) is 7.43. The molecule has 0 heterocycles. The second-order valence-electron chi connectivity index (χ2n) is 7.43. The van der Waals surface area contributed by atoms with E-state index in [-0.39, 0.29) is 17.7 Å². The van der Waals surface area contributed by atoms with E-state index in [1.165, 1.54) is 5.56 Å². The van der Waals surface area contributed by atoms with E-state index in [2.05, 4.69) is 36.6 Å². The largest absolute Gasteiger partial charge is 0.326 e. The van der Waals surface area contributed by atoms with Crippen LogP contribution in [0.25, 0.3) is 0 Å². The fourth-order valence-corrected chi connectivity index (χ4v) is 2.90. The maximum atomic E-state index is 12.5. The summed E-state index contributed by atoms with van der Waals surface area (Å²) >= 11 is 0. The molecule has 4 nitrogen and oxygen atoms in total. The maximum absolute atomic E-state index is 12.5. The van der Waals surface area contributed by atoms with Crippen molar-refractivity contribution in [1.82, 2.24) is 0 Å². The summed E-state index contributed by atoms with van der Waals surface area (Å²) in [6.07, 6.45) is 2.37. The number of benzene rings is 2. The van der Waals surface area contributed by atoms with E-state index in [0.717, 1.165) is 29.8 Å². The van der Waals surface area contributed by atoms with Gasteiger partial charge in [-0.2, -0.15) is 0 Å². The molecule has 0 spiro atoms. The van der Waals surface area contributed by atoms with Crippen molar-refractivity contribution in [2.45, 2.75) is 52.9 Å². The van der Waals surface area contributed by atoms with Crippen LogP contribution in [0.2, 0.25) is 0 Å². The minimum Gasteiger partial charge on any atom is -0.326 e. The van der Waals surface area contributed by atoms with E-state index in [1.807, 2.05) is 26.0 Å². The van der Waals surface area contributed by atoms with Gasteiger partial charge in [0.05, 0.1) is 5.92 Å². The standard InChI is InChI=1S/C23H30N2O2/c1-5-6-22(26)24-20-11-13-21(14-12-20)25-23(27)17(4)19-9-7-18(8-10-19)15-16(2)3/h7-14,16-17H,5-6,15H2,1-4H3,(H,24,26)(H,25,27). The van der Waals surface area contributed by atoms with Gasteiger partial charge < -0.3 is 10.6 Å². The highest BCUT2D eigenvalue weighted by Crippen LogP contribution is 2.21. The second kappa shape index (κ2) is 9.91. The van der Waals surface area contributed by atoms with Gasteiger partial charge in [0, 0.05) is 17.8 Å². The quantitative estimate of drug-likeness (QED) is 0.660. The molecule has 0 saturated heterocycles. The molecule has 0 aromatic heterocycles. The smallest absolute Gasteiger partial charge is 0.231 e. The zero-order chi connectivity index (χ0) is 19.8. The van der Waals surface area contributed by atoms with Gasteiger partial charge in [-0.1, -0.05) is 45.0 Å². The Morgan fingerprint density at radius 2 is 1.41 bits per heavy atom. The van der Waals surface area contributed by atoms with Crippen LogP contribution in [0, 0.1) is 5.92 Å². The van der Waals surface area contributed by atoms with Crippen LogP contribution in [0.3, 0.4) is 0 Å². The number of hydrogen-bond acceptors (Lipinski definition) is 2. The summed E-state index contributed by atoms with van der Waals surface area (Å²) < 4.78 is 0. The third-order valence-electron chi connectivity index (χ3n) is 4.43.